The van der Waals surface area contributed by atoms with Crippen LogP contribution in [-0.4, -0.2) is 72.6 Å². The molecular weight excluding hydrogens is 488 g/mol. The molecule has 3 aromatic rings. The first kappa shape index (κ1) is 25.8. The number of methoxy groups -OCH3 is 2. The lowest BCUT2D eigenvalue weighted by molar-refractivity contribution is -0.109. The number of nitrogens with zero attached hydrogens (tertiary/aromatic N) is 5. The SMILES string of the molecule is COc1cccc(OC)c1-n1c(NS(=O)(=O)[C@@H](C)[C@H](C)c2ncc(C)cn2)nnc1C1COCOC1. The highest BCUT2D eigenvalue weighted by Gasteiger charge is 2.34. The Morgan fingerprint density at radius 2 is 1.67 bits per heavy atom. The molecule has 1 aromatic carbocycles. The average molecular weight is 519 g/mol. The third-order valence-electron chi connectivity index (χ3n) is 6.12. The van der Waals surface area contributed by atoms with Crippen LogP contribution in [0.25, 0.3) is 5.69 Å². The van der Waals surface area contributed by atoms with Gasteiger partial charge >= 0.3 is 0 Å². The number of benzene rings is 1. The quantitative estimate of drug-likeness (QED) is 0.449. The molecule has 1 aliphatic rings. The largest absolute Gasteiger partial charge is 0.494 e. The molecule has 0 aliphatic carbocycles. The lowest BCUT2D eigenvalue weighted by Crippen LogP contribution is -2.32. The van der Waals surface area contributed by atoms with Crippen molar-refractivity contribution in [3.63, 3.8) is 0 Å². The highest BCUT2D eigenvalue weighted by molar-refractivity contribution is 7.93. The van der Waals surface area contributed by atoms with E-state index in [1.807, 2.05) is 6.92 Å². The van der Waals surface area contributed by atoms with Gasteiger partial charge in [-0.15, -0.1) is 10.2 Å². The second-order valence-electron chi connectivity index (χ2n) is 8.54. The van der Waals surface area contributed by atoms with Crippen molar-refractivity contribution in [2.24, 2.45) is 0 Å². The number of para-hydroxylation sites is 1. The fraction of sp³-hybridized carbons (Fsp3) is 0.478. The van der Waals surface area contributed by atoms with Crippen molar-refractivity contribution in [3.8, 4) is 17.2 Å². The molecule has 0 radical (unpaired) electrons. The van der Waals surface area contributed by atoms with Gasteiger partial charge in [-0.2, -0.15) is 0 Å². The van der Waals surface area contributed by atoms with E-state index in [-0.39, 0.29) is 18.7 Å². The fourth-order valence-electron chi connectivity index (χ4n) is 3.87. The van der Waals surface area contributed by atoms with Crippen LogP contribution in [-0.2, 0) is 19.5 Å². The summed E-state index contributed by atoms with van der Waals surface area (Å²) < 4.78 is 53.3. The second kappa shape index (κ2) is 10.8. The minimum absolute atomic E-state index is 0.0118. The Kier molecular flexibility index (Phi) is 7.71. The molecule has 0 bridgehead atoms. The van der Waals surface area contributed by atoms with Gasteiger partial charge < -0.3 is 18.9 Å². The molecule has 1 N–H and O–H groups in total. The summed E-state index contributed by atoms with van der Waals surface area (Å²) in [6.07, 6.45) is 3.33. The molecule has 1 aliphatic heterocycles. The Morgan fingerprint density at radius 1 is 1.06 bits per heavy atom. The van der Waals surface area contributed by atoms with E-state index in [1.165, 1.54) is 14.2 Å². The molecule has 1 saturated heterocycles. The molecule has 2 aromatic heterocycles. The maximum absolute atomic E-state index is 13.5. The summed E-state index contributed by atoms with van der Waals surface area (Å²) in [5.41, 5.74) is 1.34. The summed E-state index contributed by atoms with van der Waals surface area (Å²) in [7, 11) is -0.919. The minimum Gasteiger partial charge on any atom is -0.494 e. The molecule has 0 spiro atoms. The van der Waals surface area contributed by atoms with Crippen LogP contribution in [0.4, 0.5) is 5.95 Å². The maximum Gasteiger partial charge on any atom is 0.243 e. The van der Waals surface area contributed by atoms with Gasteiger partial charge in [-0.25, -0.2) is 18.4 Å². The number of ether oxygens (including phenoxy) is 4. The minimum atomic E-state index is -3.96. The van der Waals surface area contributed by atoms with Gasteiger partial charge in [-0.05, 0) is 31.5 Å². The van der Waals surface area contributed by atoms with Crippen LogP contribution in [0.2, 0.25) is 0 Å². The lowest BCUT2D eigenvalue weighted by atomic mass is 10.1. The number of rotatable bonds is 9. The normalized spacial score (nSPS) is 16.4. The predicted molar refractivity (Wildman–Crippen MR) is 131 cm³/mol. The van der Waals surface area contributed by atoms with E-state index in [0.717, 1.165) is 5.56 Å². The van der Waals surface area contributed by atoms with Gasteiger partial charge in [-0.1, -0.05) is 13.0 Å². The molecule has 4 rings (SSSR count). The lowest BCUT2D eigenvalue weighted by Gasteiger charge is -2.24. The summed E-state index contributed by atoms with van der Waals surface area (Å²) in [6.45, 7) is 6.09. The van der Waals surface area contributed by atoms with Gasteiger partial charge in [0, 0.05) is 18.3 Å². The molecule has 1 fully saturated rings. The van der Waals surface area contributed by atoms with E-state index in [1.54, 1.807) is 49.0 Å². The predicted octanol–water partition coefficient (Wildman–Crippen LogP) is 2.40. The molecule has 0 saturated carbocycles. The van der Waals surface area contributed by atoms with E-state index < -0.39 is 21.2 Å². The average Bonchev–Trinajstić information content (AvgIpc) is 3.30. The van der Waals surface area contributed by atoms with Crippen LogP contribution < -0.4 is 14.2 Å². The number of sulfonamides is 1. The molecular formula is C23H30N6O6S. The van der Waals surface area contributed by atoms with Crippen LogP contribution in [0.5, 0.6) is 11.5 Å². The van der Waals surface area contributed by atoms with Gasteiger partial charge in [0.1, 0.15) is 35.6 Å². The van der Waals surface area contributed by atoms with E-state index in [4.69, 9.17) is 18.9 Å². The highest BCUT2D eigenvalue weighted by atomic mass is 32.2. The zero-order valence-electron chi connectivity index (χ0n) is 20.8. The Bertz CT molecular complexity index is 1270. The molecule has 0 amide bonds. The Hall–Kier alpha value is -3.29. The molecule has 194 valence electrons. The van der Waals surface area contributed by atoms with Gasteiger partial charge in [-0.3, -0.25) is 9.29 Å². The Labute approximate surface area is 210 Å². The summed E-state index contributed by atoms with van der Waals surface area (Å²) in [4.78, 5) is 8.60. The van der Waals surface area contributed by atoms with Crippen molar-refractivity contribution >= 4 is 16.0 Å². The number of aromatic nitrogens is 5. The van der Waals surface area contributed by atoms with Crippen molar-refractivity contribution < 1.29 is 27.4 Å². The Morgan fingerprint density at radius 3 is 2.25 bits per heavy atom. The first-order valence-electron chi connectivity index (χ1n) is 11.4. The molecule has 2 atom stereocenters. The fourth-order valence-corrected chi connectivity index (χ4v) is 5.10. The van der Waals surface area contributed by atoms with Gasteiger partial charge in [0.05, 0.1) is 38.6 Å². The molecule has 3 heterocycles. The highest BCUT2D eigenvalue weighted by Crippen LogP contribution is 2.37. The van der Waals surface area contributed by atoms with Crippen molar-refractivity contribution in [2.75, 3.05) is 38.9 Å². The van der Waals surface area contributed by atoms with Gasteiger partial charge in [0.25, 0.3) is 0 Å². The summed E-state index contributed by atoms with van der Waals surface area (Å²) in [6, 6.07) is 5.26. The monoisotopic (exact) mass is 518 g/mol. The van der Waals surface area contributed by atoms with Gasteiger partial charge in [0.15, 0.2) is 0 Å². The maximum atomic E-state index is 13.5. The smallest absolute Gasteiger partial charge is 0.243 e. The number of anilines is 1. The van der Waals surface area contributed by atoms with E-state index in [2.05, 4.69) is 24.9 Å². The summed E-state index contributed by atoms with van der Waals surface area (Å²) >= 11 is 0. The van der Waals surface area contributed by atoms with Crippen LogP contribution in [0, 0.1) is 6.92 Å². The van der Waals surface area contributed by atoms with Crippen molar-refractivity contribution in [1.29, 1.82) is 0 Å². The molecule has 13 heteroatoms. The topological polar surface area (TPSA) is 140 Å². The van der Waals surface area contributed by atoms with E-state index >= 15 is 0 Å². The second-order valence-corrected chi connectivity index (χ2v) is 10.6. The summed E-state index contributed by atoms with van der Waals surface area (Å²) in [5.74, 6) is 0.978. The Balaban J connectivity index is 1.77. The molecule has 36 heavy (non-hydrogen) atoms. The number of aryl methyl sites for hydroxylation is 1. The number of hydrogen-bond donors (Lipinski definition) is 1. The number of hydrogen-bond acceptors (Lipinski definition) is 10. The van der Waals surface area contributed by atoms with E-state index in [0.29, 0.717) is 42.0 Å². The van der Waals surface area contributed by atoms with Gasteiger partial charge in [0.2, 0.25) is 16.0 Å². The standard InChI is InChI=1S/C23H30N6O6S/c1-14-9-24-21(25-10-14)15(2)16(3)36(30,31)28-23-27-26-22(17-11-34-13-35-12-17)29(23)20-18(32-4)7-6-8-19(20)33-5/h6-10,15-17H,11-13H2,1-5H3,(H,27,28)/t15-,16-/m0/s1. The third-order valence-corrected chi connectivity index (χ3v) is 7.97. The first-order chi connectivity index (χ1) is 17.3. The van der Waals surface area contributed by atoms with Crippen LogP contribution in [0.1, 0.15) is 42.9 Å². The number of nitrogens with one attached hydrogen (secondary N) is 1. The zero-order chi connectivity index (χ0) is 25.9. The molecule has 0 unspecified atom stereocenters. The van der Waals surface area contributed by atoms with Crippen LogP contribution in [0.15, 0.2) is 30.6 Å². The first-order valence-corrected chi connectivity index (χ1v) is 12.9. The third kappa shape index (κ3) is 5.13. The van der Waals surface area contributed by atoms with E-state index in [9.17, 15) is 8.42 Å². The van der Waals surface area contributed by atoms with Crippen molar-refractivity contribution in [3.05, 3.63) is 47.8 Å². The van der Waals surface area contributed by atoms with Crippen LogP contribution in [0.3, 0.4) is 0 Å². The van der Waals surface area contributed by atoms with Crippen LogP contribution >= 0.6 is 0 Å². The van der Waals surface area contributed by atoms with Crippen molar-refractivity contribution in [1.82, 2.24) is 24.7 Å². The molecule has 12 nitrogen and oxygen atoms in total. The zero-order valence-corrected chi connectivity index (χ0v) is 21.7. The van der Waals surface area contributed by atoms with Crippen molar-refractivity contribution in [2.45, 2.75) is 37.9 Å². The summed E-state index contributed by atoms with van der Waals surface area (Å²) in [5, 5.41) is 7.63.